The molecule has 6 nitrogen and oxygen atoms in total. The molecule has 0 spiro atoms. The molecule has 1 saturated heterocycles. The Morgan fingerprint density at radius 2 is 2.04 bits per heavy atom. The molecule has 0 aliphatic carbocycles. The Balaban J connectivity index is 1.97. The van der Waals surface area contributed by atoms with E-state index in [0.29, 0.717) is 42.9 Å². The van der Waals surface area contributed by atoms with E-state index < -0.39 is 16.1 Å². The van der Waals surface area contributed by atoms with Gasteiger partial charge in [-0.3, -0.25) is 4.79 Å². The molecule has 1 amide bonds. The summed E-state index contributed by atoms with van der Waals surface area (Å²) in [4.78, 5) is 12.6. The molecule has 1 heterocycles. The van der Waals surface area contributed by atoms with Gasteiger partial charge in [0.05, 0.1) is 21.9 Å². The number of unbranched alkanes of at least 4 members (excludes halogenated alkanes) is 1. The summed E-state index contributed by atoms with van der Waals surface area (Å²) in [5, 5.41) is 12.7. The maximum Gasteiger partial charge on any atom is 0.224 e. The van der Waals surface area contributed by atoms with E-state index in [1.54, 1.807) is 18.2 Å². The molecule has 9 heteroatoms. The number of hydrogen-bond acceptors (Lipinski definition) is 4. The van der Waals surface area contributed by atoms with Gasteiger partial charge in [0.15, 0.2) is 0 Å². The number of sulfonamides is 1. The van der Waals surface area contributed by atoms with Crippen LogP contribution in [0.25, 0.3) is 0 Å². The number of halogens is 2. The summed E-state index contributed by atoms with van der Waals surface area (Å²) in [6, 6.07) is 6.04. The predicted octanol–water partition coefficient (Wildman–Crippen LogP) is 3.52. The van der Waals surface area contributed by atoms with Crippen LogP contribution in [0.1, 0.15) is 44.2 Å². The Bertz CT molecular complexity index is 816. The van der Waals surface area contributed by atoms with Gasteiger partial charge in [-0.05, 0) is 25.3 Å². The number of nitrogens with one attached hydrogen (secondary N) is 1. The second kappa shape index (κ2) is 9.74. The Morgan fingerprint density at radius 3 is 2.63 bits per heavy atom. The second-order valence-electron chi connectivity index (χ2n) is 6.56. The summed E-state index contributed by atoms with van der Waals surface area (Å²) >= 11 is 12.1. The number of nitriles is 1. The van der Waals surface area contributed by atoms with Crippen LogP contribution in [-0.2, 0) is 14.8 Å². The monoisotopic (exact) mass is 431 g/mol. The van der Waals surface area contributed by atoms with Crippen molar-refractivity contribution in [3.63, 3.8) is 0 Å². The lowest BCUT2D eigenvalue weighted by atomic mass is 9.96. The third kappa shape index (κ3) is 5.58. The van der Waals surface area contributed by atoms with E-state index in [0.717, 1.165) is 6.42 Å². The second-order valence-corrected chi connectivity index (χ2v) is 9.43. The van der Waals surface area contributed by atoms with E-state index in [4.69, 9.17) is 23.2 Å². The fraction of sp³-hybridized carbons (Fsp3) is 0.556. The lowest BCUT2D eigenvalue weighted by molar-refractivity contribution is -0.126. The zero-order valence-corrected chi connectivity index (χ0v) is 17.4. The van der Waals surface area contributed by atoms with Crippen LogP contribution in [0.4, 0.5) is 0 Å². The predicted molar refractivity (Wildman–Crippen MR) is 106 cm³/mol. The number of benzene rings is 1. The van der Waals surface area contributed by atoms with E-state index in [1.165, 1.54) is 4.31 Å². The average Bonchev–Trinajstić information content (AvgIpc) is 2.67. The Morgan fingerprint density at radius 1 is 1.37 bits per heavy atom. The highest BCUT2D eigenvalue weighted by molar-refractivity contribution is 7.89. The minimum absolute atomic E-state index is 0.143. The largest absolute Gasteiger partial charge is 0.336 e. The molecule has 1 atom stereocenters. The molecule has 1 aliphatic heterocycles. The van der Waals surface area contributed by atoms with Crippen LogP contribution in [0.5, 0.6) is 0 Å². The van der Waals surface area contributed by atoms with Gasteiger partial charge in [-0.2, -0.15) is 5.26 Å². The summed E-state index contributed by atoms with van der Waals surface area (Å²) in [6.07, 6.45) is 2.31. The van der Waals surface area contributed by atoms with Gasteiger partial charge in [-0.25, -0.2) is 12.7 Å². The maximum absolute atomic E-state index is 12.6. The molecule has 1 aromatic carbocycles. The van der Waals surface area contributed by atoms with Crippen LogP contribution < -0.4 is 5.32 Å². The quantitative estimate of drug-likeness (QED) is 0.714. The Labute approximate surface area is 170 Å². The van der Waals surface area contributed by atoms with E-state index in [1.807, 2.05) is 13.0 Å². The first kappa shape index (κ1) is 22.0. The van der Waals surface area contributed by atoms with Crippen LogP contribution >= 0.6 is 23.2 Å². The normalized spacial score (nSPS) is 17.3. The number of piperidine rings is 1. The Kier molecular flexibility index (Phi) is 7.92. The summed E-state index contributed by atoms with van der Waals surface area (Å²) in [5.74, 6) is -0.468. The molecule has 1 aromatic rings. The van der Waals surface area contributed by atoms with Crippen molar-refractivity contribution in [1.82, 2.24) is 9.62 Å². The van der Waals surface area contributed by atoms with Gasteiger partial charge in [0.2, 0.25) is 15.9 Å². The minimum atomic E-state index is -3.26. The highest BCUT2D eigenvalue weighted by Gasteiger charge is 2.32. The minimum Gasteiger partial charge on any atom is -0.336 e. The molecule has 1 fully saturated rings. The zero-order valence-electron chi connectivity index (χ0n) is 15.1. The van der Waals surface area contributed by atoms with Crippen molar-refractivity contribution in [1.29, 1.82) is 5.26 Å². The lowest BCUT2D eigenvalue weighted by Crippen LogP contribution is -2.44. The van der Waals surface area contributed by atoms with Crippen molar-refractivity contribution in [2.75, 3.05) is 18.8 Å². The molecular formula is C18H23Cl2N3O3S. The third-order valence-corrected chi connectivity index (χ3v) is 7.47. The van der Waals surface area contributed by atoms with Crippen molar-refractivity contribution in [3.05, 3.63) is 33.8 Å². The van der Waals surface area contributed by atoms with Crippen LogP contribution in [0.3, 0.4) is 0 Å². The van der Waals surface area contributed by atoms with Crippen molar-refractivity contribution >= 4 is 39.1 Å². The number of rotatable bonds is 7. The number of hydrogen-bond donors (Lipinski definition) is 1. The van der Waals surface area contributed by atoms with Crippen LogP contribution in [0, 0.1) is 17.2 Å². The van der Waals surface area contributed by atoms with Crippen molar-refractivity contribution in [2.45, 2.75) is 38.6 Å². The van der Waals surface area contributed by atoms with Gasteiger partial charge in [-0.15, -0.1) is 0 Å². The van der Waals surface area contributed by atoms with E-state index in [-0.39, 0.29) is 22.6 Å². The fourth-order valence-corrected chi connectivity index (χ4v) is 5.13. The SMILES string of the molecule is CCCCS(=O)(=O)N1CCC(C(=O)NC(C#N)c2cccc(Cl)c2Cl)CC1. The average molecular weight is 432 g/mol. The van der Waals surface area contributed by atoms with Crippen molar-refractivity contribution in [3.8, 4) is 6.07 Å². The van der Waals surface area contributed by atoms with Crippen LogP contribution in [0.15, 0.2) is 18.2 Å². The van der Waals surface area contributed by atoms with E-state index in [2.05, 4.69) is 5.32 Å². The molecule has 1 aliphatic rings. The first-order chi connectivity index (χ1) is 12.8. The molecule has 0 aromatic heterocycles. The number of carbonyl (C=O) groups is 1. The summed E-state index contributed by atoms with van der Waals surface area (Å²) in [5.41, 5.74) is 0.444. The molecule has 1 unspecified atom stereocenters. The van der Waals surface area contributed by atoms with Gasteiger partial charge in [0.25, 0.3) is 0 Å². The highest BCUT2D eigenvalue weighted by atomic mass is 35.5. The molecule has 0 bridgehead atoms. The highest BCUT2D eigenvalue weighted by Crippen LogP contribution is 2.30. The van der Waals surface area contributed by atoms with Gasteiger partial charge in [0, 0.05) is 24.6 Å². The molecule has 27 heavy (non-hydrogen) atoms. The van der Waals surface area contributed by atoms with Crippen molar-refractivity contribution in [2.24, 2.45) is 5.92 Å². The van der Waals surface area contributed by atoms with Gasteiger partial charge in [-0.1, -0.05) is 48.7 Å². The first-order valence-corrected chi connectivity index (χ1v) is 11.3. The van der Waals surface area contributed by atoms with Gasteiger partial charge < -0.3 is 5.32 Å². The number of carbonyl (C=O) groups excluding carboxylic acids is 1. The van der Waals surface area contributed by atoms with Gasteiger partial charge in [0.1, 0.15) is 6.04 Å². The van der Waals surface area contributed by atoms with Gasteiger partial charge >= 0.3 is 0 Å². The number of nitrogens with zero attached hydrogens (tertiary/aromatic N) is 2. The first-order valence-electron chi connectivity index (χ1n) is 8.92. The summed E-state index contributed by atoms with van der Waals surface area (Å²) in [6.45, 7) is 2.59. The smallest absolute Gasteiger partial charge is 0.224 e. The Hall–Kier alpha value is -1.33. The van der Waals surface area contributed by atoms with Crippen molar-refractivity contribution < 1.29 is 13.2 Å². The molecular weight excluding hydrogens is 409 g/mol. The molecule has 1 N–H and O–H groups in total. The maximum atomic E-state index is 12.6. The molecule has 0 radical (unpaired) electrons. The lowest BCUT2D eigenvalue weighted by Gasteiger charge is -2.31. The fourth-order valence-electron chi connectivity index (χ4n) is 3.04. The molecule has 148 valence electrons. The third-order valence-electron chi connectivity index (χ3n) is 4.68. The number of amides is 1. The van der Waals surface area contributed by atoms with E-state index in [9.17, 15) is 18.5 Å². The van der Waals surface area contributed by atoms with E-state index >= 15 is 0 Å². The summed E-state index contributed by atoms with van der Waals surface area (Å²) < 4.78 is 26.0. The molecule has 2 rings (SSSR count). The standard InChI is InChI=1S/C18H23Cl2N3O3S/c1-2-3-11-27(25,26)23-9-7-13(8-10-23)18(24)22-16(12-21)14-5-4-6-15(19)17(14)20/h4-6,13,16H,2-3,7-11H2,1H3,(H,22,24). The molecule has 0 saturated carbocycles. The van der Waals surface area contributed by atoms with Crippen LogP contribution in [-0.4, -0.2) is 37.5 Å². The zero-order chi connectivity index (χ0) is 20.0. The summed E-state index contributed by atoms with van der Waals surface area (Å²) in [7, 11) is -3.26. The van der Waals surface area contributed by atoms with Crippen LogP contribution in [0.2, 0.25) is 10.0 Å². The topological polar surface area (TPSA) is 90.3 Å².